The minimum Gasteiger partial charge on any atom is -0.469 e. The van der Waals surface area contributed by atoms with E-state index in [4.69, 9.17) is 11.1 Å². The molecular weight excluding hydrogens is 332 g/mol. The molecule has 0 aliphatic heterocycles. The summed E-state index contributed by atoms with van der Waals surface area (Å²) in [6, 6.07) is 14.7. The standard InChI is InChI=1S/C18H18N6O2/c1-26-16(25)11-4-12-2-9-15(10-3-12)24-22-18(21-23-24)14-7-5-13(6-8-14)17(19)20/h2-3,5-10H,4,11H2,1H3,(H3,19,20). The van der Waals surface area contributed by atoms with E-state index in [2.05, 4.69) is 20.1 Å². The van der Waals surface area contributed by atoms with Crippen molar-refractivity contribution >= 4 is 11.8 Å². The van der Waals surface area contributed by atoms with Crippen molar-refractivity contribution in [2.75, 3.05) is 7.11 Å². The predicted molar refractivity (Wildman–Crippen MR) is 95.9 cm³/mol. The molecule has 3 aromatic rings. The summed E-state index contributed by atoms with van der Waals surface area (Å²) in [7, 11) is 1.38. The summed E-state index contributed by atoms with van der Waals surface area (Å²) in [5, 5.41) is 19.9. The normalized spacial score (nSPS) is 10.5. The van der Waals surface area contributed by atoms with Crippen LogP contribution < -0.4 is 5.73 Å². The number of methoxy groups -OCH3 is 1. The van der Waals surface area contributed by atoms with Gasteiger partial charge in [0.2, 0.25) is 5.82 Å². The van der Waals surface area contributed by atoms with Crippen LogP contribution in [0.2, 0.25) is 0 Å². The predicted octanol–water partition coefficient (Wildman–Crippen LogP) is 1.72. The molecule has 0 aliphatic carbocycles. The minimum absolute atomic E-state index is 0.0143. The molecule has 132 valence electrons. The molecule has 8 heteroatoms. The van der Waals surface area contributed by atoms with Crippen LogP contribution in [0.1, 0.15) is 17.5 Å². The van der Waals surface area contributed by atoms with Gasteiger partial charge in [0, 0.05) is 17.5 Å². The van der Waals surface area contributed by atoms with Gasteiger partial charge in [0.05, 0.1) is 12.8 Å². The Balaban J connectivity index is 1.73. The number of esters is 1. The highest BCUT2D eigenvalue weighted by Gasteiger charge is 2.08. The zero-order chi connectivity index (χ0) is 18.5. The van der Waals surface area contributed by atoms with E-state index in [0.29, 0.717) is 24.2 Å². The molecule has 0 radical (unpaired) electrons. The second-order valence-corrected chi connectivity index (χ2v) is 5.64. The third-order valence-corrected chi connectivity index (χ3v) is 3.88. The Labute approximate surface area is 150 Å². The van der Waals surface area contributed by atoms with Crippen molar-refractivity contribution in [3.63, 3.8) is 0 Å². The number of aromatic nitrogens is 4. The number of rotatable bonds is 6. The summed E-state index contributed by atoms with van der Waals surface area (Å²) in [5.74, 6) is 0.266. The van der Waals surface area contributed by atoms with Gasteiger partial charge in [0.1, 0.15) is 5.84 Å². The molecule has 0 amide bonds. The Hall–Kier alpha value is -3.55. The molecule has 3 rings (SSSR count). The van der Waals surface area contributed by atoms with Gasteiger partial charge in [-0.15, -0.1) is 15.0 Å². The van der Waals surface area contributed by atoms with E-state index >= 15 is 0 Å². The first-order valence-corrected chi connectivity index (χ1v) is 7.98. The van der Waals surface area contributed by atoms with Crippen molar-refractivity contribution in [3.05, 3.63) is 59.7 Å². The van der Waals surface area contributed by atoms with Crippen LogP contribution in [0.3, 0.4) is 0 Å². The minimum atomic E-state index is -0.229. The van der Waals surface area contributed by atoms with Gasteiger partial charge in [-0.3, -0.25) is 10.2 Å². The molecule has 26 heavy (non-hydrogen) atoms. The molecule has 0 saturated heterocycles. The van der Waals surface area contributed by atoms with Crippen molar-refractivity contribution in [1.29, 1.82) is 5.41 Å². The third kappa shape index (κ3) is 3.92. The Morgan fingerprint density at radius 1 is 1.15 bits per heavy atom. The fourth-order valence-corrected chi connectivity index (χ4v) is 2.38. The topological polar surface area (TPSA) is 120 Å². The molecule has 3 N–H and O–H groups in total. The first-order chi connectivity index (χ1) is 12.6. The van der Waals surface area contributed by atoms with E-state index in [1.165, 1.54) is 11.9 Å². The number of nitrogens with zero attached hydrogens (tertiary/aromatic N) is 4. The maximum Gasteiger partial charge on any atom is 0.305 e. The lowest BCUT2D eigenvalue weighted by Gasteiger charge is -2.02. The fraction of sp³-hybridized carbons (Fsp3) is 0.167. The number of nitrogens with one attached hydrogen (secondary N) is 1. The van der Waals surface area contributed by atoms with Crippen molar-refractivity contribution in [2.45, 2.75) is 12.8 Å². The number of ether oxygens (including phenoxy) is 1. The lowest BCUT2D eigenvalue weighted by atomic mass is 10.1. The SMILES string of the molecule is COC(=O)CCc1ccc(-n2nnc(-c3ccc(C(=N)N)cc3)n2)cc1. The molecular formula is C18H18N6O2. The van der Waals surface area contributed by atoms with Crippen molar-refractivity contribution in [1.82, 2.24) is 20.2 Å². The number of amidine groups is 1. The van der Waals surface area contributed by atoms with Gasteiger partial charge in [-0.25, -0.2) is 0 Å². The van der Waals surface area contributed by atoms with Crippen LogP contribution in [-0.2, 0) is 16.0 Å². The number of hydrogen-bond donors (Lipinski definition) is 2. The maximum atomic E-state index is 11.2. The summed E-state index contributed by atoms with van der Waals surface area (Å²) in [6.45, 7) is 0. The quantitative estimate of drug-likeness (QED) is 0.397. The molecule has 0 spiro atoms. The lowest BCUT2D eigenvalue weighted by Crippen LogP contribution is -2.10. The Kier molecular flexibility index (Phi) is 5.02. The zero-order valence-electron chi connectivity index (χ0n) is 14.2. The molecule has 8 nitrogen and oxygen atoms in total. The number of aryl methyl sites for hydroxylation is 1. The van der Waals surface area contributed by atoms with Gasteiger partial charge < -0.3 is 10.5 Å². The first-order valence-electron chi connectivity index (χ1n) is 7.98. The summed E-state index contributed by atoms with van der Waals surface area (Å²) < 4.78 is 4.64. The Morgan fingerprint density at radius 3 is 2.46 bits per heavy atom. The third-order valence-electron chi connectivity index (χ3n) is 3.88. The van der Waals surface area contributed by atoms with E-state index in [1.54, 1.807) is 24.3 Å². The van der Waals surface area contributed by atoms with Crippen LogP contribution in [0.5, 0.6) is 0 Å². The number of tetrazole rings is 1. The summed E-state index contributed by atoms with van der Waals surface area (Å²) in [6.07, 6.45) is 0.962. The molecule has 0 saturated carbocycles. The van der Waals surface area contributed by atoms with E-state index in [9.17, 15) is 4.79 Å². The zero-order valence-corrected chi connectivity index (χ0v) is 14.2. The van der Waals surface area contributed by atoms with Crippen molar-refractivity contribution in [3.8, 4) is 17.1 Å². The largest absolute Gasteiger partial charge is 0.469 e. The van der Waals surface area contributed by atoms with Gasteiger partial charge in [0.25, 0.3) is 0 Å². The number of nitrogen functional groups attached to an aromatic ring is 1. The molecule has 0 fully saturated rings. The van der Waals surface area contributed by atoms with Gasteiger partial charge in [0.15, 0.2) is 0 Å². The summed E-state index contributed by atoms with van der Waals surface area (Å²) in [4.78, 5) is 12.6. The van der Waals surface area contributed by atoms with Crippen LogP contribution in [0, 0.1) is 5.41 Å². The summed E-state index contributed by atoms with van der Waals surface area (Å²) >= 11 is 0. The van der Waals surface area contributed by atoms with E-state index in [0.717, 1.165) is 16.8 Å². The molecule has 0 unspecified atom stereocenters. The average molecular weight is 350 g/mol. The number of nitrogens with two attached hydrogens (primary N) is 1. The molecule has 0 bridgehead atoms. The summed E-state index contributed by atoms with van der Waals surface area (Å²) in [5.41, 5.74) is 8.68. The molecule has 1 heterocycles. The van der Waals surface area contributed by atoms with Gasteiger partial charge >= 0.3 is 5.97 Å². The van der Waals surface area contributed by atoms with Crippen LogP contribution in [0.4, 0.5) is 0 Å². The van der Waals surface area contributed by atoms with E-state index in [-0.39, 0.29) is 11.8 Å². The monoisotopic (exact) mass is 350 g/mol. The second kappa shape index (κ2) is 7.56. The van der Waals surface area contributed by atoms with Crippen molar-refractivity contribution in [2.24, 2.45) is 5.73 Å². The fourth-order valence-electron chi connectivity index (χ4n) is 2.38. The Morgan fingerprint density at radius 2 is 1.85 bits per heavy atom. The maximum absolute atomic E-state index is 11.2. The number of carbonyl (C=O) groups is 1. The number of hydrogen-bond acceptors (Lipinski definition) is 6. The van der Waals surface area contributed by atoms with E-state index in [1.807, 2.05) is 24.3 Å². The van der Waals surface area contributed by atoms with Gasteiger partial charge in [-0.2, -0.15) is 0 Å². The highest BCUT2D eigenvalue weighted by molar-refractivity contribution is 5.95. The molecule has 1 aromatic heterocycles. The second-order valence-electron chi connectivity index (χ2n) is 5.64. The van der Waals surface area contributed by atoms with Crippen LogP contribution in [0.25, 0.3) is 17.1 Å². The average Bonchev–Trinajstić information content (AvgIpc) is 3.16. The number of carbonyl (C=O) groups excluding carboxylic acids is 1. The lowest BCUT2D eigenvalue weighted by molar-refractivity contribution is -0.140. The number of benzene rings is 2. The Bertz CT molecular complexity index is 916. The van der Waals surface area contributed by atoms with Gasteiger partial charge in [-0.05, 0) is 29.3 Å². The van der Waals surface area contributed by atoms with Gasteiger partial charge in [-0.1, -0.05) is 36.4 Å². The molecule has 0 aliphatic rings. The molecule has 2 aromatic carbocycles. The smallest absolute Gasteiger partial charge is 0.305 e. The highest BCUT2D eigenvalue weighted by Crippen LogP contribution is 2.16. The van der Waals surface area contributed by atoms with Crippen molar-refractivity contribution < 1.29 is 9.53 Å². The van der Waals surface area contributed by atoms with E-state index < -0.39 is 0 Å². The van der Waals surface area contributed by atoms with Crippen LogP contribution in [-0.4, -0.2) is 39.1 Å². The van der Waals surface area contributed by atoms with Crippen LogP contribution in [0.15, 0.2) is 48.5 Å². The highest BCUT2D eigenvalue weighted by atomic mass is 16.5. The first kappa shape index (κ1) is 17.3. The van der Waals surface area contributed by atoms with Crippen LogP contribution >= 0.6 is 0 Å². The molecule has 0 atom stereocenters.